The van der Waals surface area contributed by atoms with E-state index in [9.17, 15) is 9.18 Å². The van der Waals surface area contributed by atoms with Crippen LogP contribution in [0.15, 0.2) is 42.1 Å². The molecule has 0 aliphatic heterocycles. The number of hydrogen-bond donors (Lipinski definition) is 1. The fourth-order valence-corrected chi connectivity index (χ4v) is 3.94. The summed E-state index contributed by atoms with van der Waals surface area (Å²) in [5, 5.41) is 12.1. The average Bonchev–Trinajstić information content (AvgIpc) is 3.04. The minimum absolute atomic E-state index is 0.0161. The Kier molecular flexibility index (Phi) is 6.44. The maximum absolute atomic E-state index is 13.5. The van der Waals surface area contributed by atoms with Gasteiger partial charge in [0.05, 0.1) is 5.75 Å². The van der Waals surface area contributed by atoms with E-state index in [0.717, 1.165) is 12.8 Å². The van der Waals surface area contributed by atoms with Crippen molar-refractivity contribution < 1.29 is 9.18 Å². The van der Waals surface area contributed by atoms with Gasteiger partial charge in [0, 0.05) is 18.2 Å². The van der Waals surface area contributed by atoms with Crippen LogP contribution in [0.2, 0.25) is 0 Å². The van der Waals surface area contributed by atoms with E-state index < -0.39 is 0 Å². The predicted molar refractivity (Wildman–Crippen MR) is 101 cm³/mol. The Morgan fingerprint density at radius 1 is 1.35 bits per heavy atom. The molecule has 1 aliphatic carbocycles. The van der Waals surface area contributed by atoms with Crippen LogP contribution in [0, 0.1) is 5.82 Å². The van der Waals surface area contributed by atoms with Gasteiger partial charge in [-0.15, -0.1) is 16.8 Å². The van der Waals surface area contributed by atoms with Crippen LogP contribution >= 0.6 is 11.8 Å². The van der Waals surface area contributed by atoms with Crippen LogP contribution in [-0.4, -0.2) is 32.5 Å². The number of thioether (sulfide) groups is 1. The number of rotatable bonds is 7. The first kappa shape index (κ1) is 18.6. The van der Waals surface area contributed by atoms with Gasteiger partial charge in [0.2, 0.25) is 5.91 Å². The summed E-state index contributed by atoms with van der Waals surface area (Å²) in [6.07, 6.45) is 7.48. The standard InChI is InChI=1S/C19H23FN4OS/c1-2-11-24-18(14-7-6-8-15(20)12-14)22-23-19(24)26-13-17(25)21-16-9-4-3-5-10-16/h2,6-8,12,16H,1,3-5,9-11,13H2,(H,21,25). The molecular weight excluding hydrogens is 351 g/mol. The van der Waals surface area contributed by atoms with Gasteiger partial charge in [-0.05, 0) is 25.0 Å². The molecule has 1 aromatic heterocycles. The molecule has 0 unspecified atom stereocenters. The number of halogens is 1. The SMILES string of the molecule is C=CCn1c(SCC(=O)NC2CCCCC2)nnc1-c1cccc(F)c1. The molecule has 1 aromatic carbocycles. The minimum Gasteiger partial charge on any atom is -0.353 e. The summed E-state index contributed by atoms with van der Waals surface area (Å²) >= 11 is 1.34. The zero-order valence-electron chi connectivity index (χ0n) is 14.7. The van der Waals surface area contributed by atoms with E-state index in [2.05, 4.69) is 22.1 Å². The van der Waals surface area contributed by atoms with Crippen LogP contribution in [0.4, 0.5) is 4.39 Å². The fraction of sp³-hybridized carbons (Fsp3) is 0.421. The second-order valence-electron chi connectivity index (χ2n) is 6.41. The molecule has 0 radical (unpaired) electrons. The lowest BCUT2D eigenvalue weighted by molar-refractivity contribution is -0.119. The second kappa shape index (κ2) is 8.98. The smallest absolute Gasteiger partial charge is 0.230 e. The van der Waals surface area contributed by atoms with Gasteiger partial charge in [-0.25, -0.2) is 4.39 Å². The molecule has 0 spiro atoms. The number of allylic oxidation sites excluding steroid dienone is 1. The van der Waals surface area contributed by atoms with E-state index in [-0.39, 0.29) is 17.5 Å². The number of aromatic nitrogens is 3. The summed E-state index contributed by atoms with van der Waals surface area (Å²) in [7, 11) is 0. The third-order valence-electron chi connectivity index (χ3n) is 4.41. The maximum atomic E-state index is 13.5. The van der Waals surface area contributed by atoms with E-state index >= 15 is 0 Å². The van der Waals surface area contributed by atoms with E-state index in [4.69, 9.17) is 0 Å². The molecule has 1 N–H and O–H groups in total. The molecule has 1 fully saturated rings. The van der Waals surface area contributed by atoms with Crippen LogP contribution in [0.25, 0.3) is 11.4 Å². The lowest BCUT2D eigenvalue weighted by Gasteiger charge is -2.22. The summed E-state index contributed by atoms with van der Waals surface area (Å²) in [5.41, 5.74) is 0.651. The van der Waals surface area contributed by atoms with Crippen molar-refractivity contribution >= 4 is 17.7 Å². The van der Waals surface area contributed by atoms with Crippen LogP contribution < -0.4 is 5.32 Å². The number of carbonyl (C=O) groups excluding carboxylic acids is 1. The summed E-state index contributed by atoms with van der Waals surface area (Å²) in [6.45, 7) is 4.25. The van der Waals surface area contributed by atoms with E-state index in [0.29, 0.717) is 29.1 Å². The summed E-state index contributed by atoms with van der Waals surface area (Å²) in [4.78, 5) is 12.2. The first-order valence-corrected chi connectivity index (χ1v) is 9.88. The second-order valence-corrected chi connectivity index (χ2v) is 7.35. The maximum Gasteiger partial charge on any atom is 0.230 e. The normalized spacial score (nSPS) is 15.0. The third-order valence-corrected chi connectivity index (χ3v) is 5.38. The van der Waals surface area contributed by atoms with Gasteiger partial charge < -0.3 is 5.32 Å². The number of hydrogen-bond acceptors (Lipinski definition) is 4. The topological polar surface area (TPSA) is 59.8 Å². The highest BCUT2D eigenvalue weighted by atomic mass is 32.2. The van der Waals surface area contributed by atoms with Crippen LogP contribution in [0.3, 0.4) is 0 Å². The minimum atomic E-state index is -0.322. The molecule has 138 valence electrons. The Morgan fingerprint density at radius 3 is 2.88 bits per heavy atom. The molecule has 1 aliphatic rings. The van der Waals surface area contributed by atoms with Crippen molar-refractivity contribution in [3.63, 3.8) is 0 Å². The van der Waals surface area contributed by atoms with Gasteiger partial charge in [0.1, 0.15) is 5.82 Å². The van der Waals surface area contributed by atoms with E-state index in [1.165, 1.54) is 43.2 Å². The summed E-state index contributed by atoms with van der Waals surface area (Å²) in [5.74, 6) is 0.549. The lowest BCUT2D eigenvalue weighted by Crippen LogP contribution is -2.37. The zero-order valence-corrected chi connectivity index (χ0v) is 15.5. The highest BCUT2D eigenvalue weighted by molar-refractivity contribution is 7.99. The Balaban J connectivity index is 1.67. The van der Waals surface area contributed by atoms with Gasteiger partial charge in [-0.1, -0.05) is 49.2 Å². The van der Waals surface area contributed by atoms with Crippen molar-refractivity contribution in [2.45, 2.75) is 49.8 Å². The van der Waals surface area contributed by atoms with Crippen molar-refractivity contribution in [2.24, 2.45) is 0 Å². The van der Waals surface area contributed by atoms with Crippen molar-refractivity contribution in [3.05, 3.63) is 42.7 Å². The lowest BCUT2D eigenvalue weighted by atomic mass is 9.95. The first-order chi connectivity index (χ1) is 12.7. The summed E-state index contributed by atoms with van der Waals surface area (Å²) < 4.78 is 15.4. The van der Waals surface area contributed by atoms with Crippen LogP contribution in [0.5, 0.6) is 0 Å². The monoisotopic (exact) mass is 374 g/mol. The molecule has 1 saturated carbocycles. The van der Waals surface area contributed by atoms with Gasteiger partial charge in [-0.3, -0.25) is 9.36 Å². The Morgan fingerprint density at radius 2 is 2.15 bits per heavy atom. The van der Waals surface area contributed by atoms with E-state index in [1.54, 1.807) is 18.2 Å². The molecule has 0 bridgehead atoms. The molecule has 0 saturated heterocycles. The van der Waals surface area contributed by atoms with Crippen molar-refractivity contribution in [3.8, 4) is 11.4 Å². The zero-order chi connectivity index (χ0) is 18.4. The molecule has 7 heteroatoms. The first-order valence-electron chi connectivity index (χ1n) is 8.89. The van der Waals surface area contributed by atoms with Gasteiger partial charge in [-0.2, -0.15) is 0 Å². The van der Waals surface area contributed by atoms with Gasteiger partial charge >= 0.3 is 0 Å². The highest BCUT2D eigenvalue weighted by Crippen LogP contribution is 2.25. The Labute approximate surface area is 157 Å². The van der Waals surface area contributed by atoms with Gasteiger partial charge in [0.15, 0.2) is 11.0 Å². The molecule has 0 atom stereocenters. The van der Waals surface area contributed by atoms with Crippen molar-refractivity contribution in [1.29, 1.82) is 0 Å². The number of nitrogens with zero attached hydrogens (tertiary/aromatic N) is 3. The number of amides is 1. The molecule has 2 aromatic rings. The quantitative estimate of drug-likeness (QED) is 0.591. The molecule has 5 nitrogen and oxygen atoms in total. The number of benzene rings is 1. The molecule has 3 rings (SSSR count). The fourth-order valence-electron chi connectivity index (χ4n) is 3.18. The van der Waals surface area contributed by atoms with Crippen molar-refractivity contribution in [1.82, 2.24) is 20.1 Å². The predicted octanol–water partition coefficient (Wildman–Crippen LogP) is 3.81. The van der Waals surface area contributed by atoms with Gasteiger partial charge in [0.25, 0.3) is 0 Å². The Bertz CT molecular complexity index is 771. The Hall–Kier alpha value is -2.15. The molecule has 26 heavy (non-hydrogen) atoms. The largest absolute Gasteiger partial charge is 0.353 e. The van der Waals surface area contributed by atoms with E-state index in [1.807, 2.05) is 4.57 Å². The molecular formula is C19H23FN4OS. The third kappa shape index (κ3) is 4.72. The molecule has 1 heterocycles. The average molecular weight is 374 g/mol. The number of carbonyl (C=O) groups is 1. The number of nitrogens with one attached hydrogen (secondary N) is 1. The van der Waals surface area contributed by atoms with Crippen LogP contribution in [0.1, 0.15) is 32.1 Å². The van der Waals surface area contributed by atoms with Crippen LogP contribution in [-0.2, 0) is 11.3 Å². The highest BCUT2D eigenvalue weighted by Gasteiger charge is 2.18. The summed E-state index contributed by atoms with van der Waals surface area (Å²) in [6, 6.07) is 6.54. The molecule has 1 amide bonds. The van der Waals surface area contributed by atoms with Crippen molar-refractivity contribution in [2.75, 3.05) is 5.75 Å².